The maximum Gasteiger partial charge on any atom is 0.341 e. The maximum absolute atomic E-state index is 12.4. The molecule has 8 heteroatoms. The molecule has 2 rings (SSSR count). The Labute approximate surface area is 138 Å². The molecular formula is C15H14ClNO5S. The van der Waals surface area contributed by atoms with Crippen molar-refractivity contribution in [3.05, 3.63) is 52.5 Å². The minimum atomic E-state index is -3.98. The fraction of sp³-hybridized carbons (Fsp3) is 0.133. The van der Waals surface area contributed by atoms with Crippen LogP contribution in [-0.4, -0.2) is 26.6 Å². The first-order valence-electron chi connectivity index (χ1n) is 6.45. The van der Waals surface area contributed by atoms with Crippen molar-refractivity contribution in [1.29, 1.82) is 0 Å². The highest BCUT2D eigenvalue weighted by molar-refractivity contribution is 7.92. The number of nitrogens with one attached hydrogen (secondary N) is 1. The van der Waals surface area contributed by atoms with Gasteiger partial charge in [0.2, 0.25) is 0 Å². The zero-order valence-corrected chi connectivity index (χ0v) is 13.9. The van der Waals surface area contributed by atoms with E-state index in [2.05, 4.69) is 9.46 Å². The molecule has 0 fully saturated rings. The summed E-state index contributed by atoms with van der Waals surface area (Å²) in [4.78, 5) is 11.3. The zero-order valence-electron chi connectivity index (χ0n) is 12.3. The van der Waals surface area contributed by atoms with E-state index in [4.69, 9.17) is 11.6 Å². The third-order valence-corrected chi connectivity index (χ3v) is 4.73. The van der Waals surface area contributed by atoms with E-state index in [1.165, 1.54) is 12.1 Å². The summed E-state index contributed by atoms with van der Waals surface area (Å²) in [6.45, 7) is 1.83. The van der Waals surface area contributed by atoms with Gasteiger partial charge in [-0.05, 0) is 42.8 Å². The van der Waals surface area contributed by atoms with E-state index in [1.807, 2.05) is 6.92 Å². The quantitative estimate of drug-likeness (QED) is 0.822. The summed E-state index contributed by atoms with van der Waals surface area (Å²) >= 11 is 6.01. The van der Waals surface area contributed by atoms with Crippen molar-refractivity contribution in [2.45, 2.75) is 11.8 Å². The first kappa shape index (κ1) is 17.1. The molecule has 0 unspecified atom stereocenters. The van der Waals surface area contributed by atoms with Gasteiger partial charge in [0.05, 0.1) is 22.7 Å². The number of halogens is 1. The van der Waals surface area contributed by atoms with E-state index in [-0.39, 0.29) is 26.9 Å². The number of phenolic OH excluding ortho intramolecular Hbond substituents is 1. The van der Waals surface area contributed by atoms with Crippen molar-refractivity contribution in [2.75, 3.05) is 11.8 Å². The monoisotopic (exact) mass is 355 g/mol. The van der Waals surface area contributed by atoms with Crippen molar-refractivity contribution in [1.82, 2.24) is 0 Å². The van der Waals surface area contributed by atoms with E-state index in [1.54, 1.807) is 12.1 Å². The Kier molecular flexibility index (Phi) is 4.82. The summed E-state index contributed by atoms with van der Waals surface area (Å²) in [5, 5.41) is 9.88. The molecule has 0 aliphatic carbocycles. The van der Waals surface area contributed by atoms with Gasteiger partial charge in [-0.3, -0.25) is 4.72 Å². The Hall–Kier alpha value is -2.25. The number of sulfonamides is 1. The molecule has 0 radical (unpaired) electrons. The van der Waals surface area contributed by atoms with Gasteiger partial charge in [-0.15, -0.1) is 0 Å². The number of hydrogen-bond acceptors (Lipinski definition) is 5. The Bertz CT molecular complexity index is 864. The Balaban J connectivity index is 2.42. The van der Waals surface area contributed by atoms with Gasteiger partial charge in [-0.25, -0.2) is 13.2 Å². The number of methoxy groups -OCH3 is 1. The lowest BCUT2D eigenvalue weighted by molar-refractivity contribution is 0.0597. The number of aromatic hydroxyl groups is 1. The first-order chi connectivity index (χ1) is 10.7. The summed E-state index contributed by atoms with van der Waals surface area (Å²) in [5.41, 5.74) is 0.853. The topological polar surface area (TPSA) is 92.7 Å². The van der Waals surface area contributed by atoms with Crippen LogP contribution in [0, 0.1) is 6.92 Å². The molecule has 0 atom stereocenters. The van der Waals surface area contributed by atoms with Gasteiger partial charge in [-0.2, -0.15) is 0 Å². The largest absolute Gasteiger partial charge is 0.507 e. The van der Waals surface area contributed by atoms with Crippen LogP contribution in [0.15, 0.2) is 41.3 Å². The summed E-state index contributed by atoms with van der Waals surface area (Å²) < 4.78 is 31.7. The lowest BCUT2D eigenvalue weighted by atomic mass is 10.2. The molecule has 23 heavy (non-hydrogen) atoms. The average molecular weight is 356 g/mol. The third-order valence-electron chi connectivity index (χ3n) is 3.05. The molecule has 0 saturated heterocycles. The average Bonchev–Trinajstić information content (AvgIpc) is 2.49. The van der Waals surface area contributed by atoms with Crippen LogP contribution in [0.4, 0.5) is 5.69 Å². The molecule has 0 aliphatic rings. The van der Waals surface area contributed by atoms with Gasteiger partial charge >= 0.3 is 5.97 Å². The highest BCUT2D eigenvalue weighted by Gasteiger charge is 2.20. The molecule has 2 N–H and O–H groups in total. The van der Waals surface area contributed by atoms with Gasteiger partial charge in [-0.1, -0.05) is 17.7 Å². The Morgan fingerprint density at radius 2 is 1.91 bits per heavy atom. The predicted octanol–water partition coefficient (Wildman–Crippen LogP) is 2.94. The number of esters is 1. The Morgan fingerprint density at radius 3 is 2.52 bits per heavy atom. The van der Waals surface area contributed by atoms with Crippen LogP contribution in [0.25, 0.3) is 0 Å². The van der Waals surface area contributed by atoms with Crippen LogP contribution in [0.2, 0.25) is 5.02 Å². The van der Waals surface area contributed by atoms with Crippen LogP contribution in [0.5, 0.6) is 5.75 Å². The second-order valence-corrected chi connectivity index (χ2v) is 6.85. The second-order valence-electron chi connectivity index (χ2n) is 4.76. The highest BCUT2D eigenvalue weighted by Crippen LogP contribution is 2.27. The van der Waals surface area contributed by atoms with E-state index >= 15 is 0 Å². The molecule has 0 heterocycles. The Morgan fingerprint density at radius 1 is 1.22 bits per heavy atom. The van der Waals surface area contributed by atoms with E-state index in [9.17, 15) is 18.3 Å². The van der Waals surface area contributed by atoms with E-state index in [0.29, 0.717) is 0 Å². The second kappa shape index (κ2) is 6.47. The lowest BCUT2D eigenvalue weighted by Crippen LogP contribution is -2.14. The summed E-state index contributed by atoms with van der Waals surface area (Å²) in [6, 6.07) is 8.18. The number of hydrogen-bond donors (Lipinski definition) is 2. The van der Waals surface area contributed by atoms with Crippen molar-refractivity contribution >= 4 is 33.3 Å². The number of ether oxygens (including phenoxy) is 1. The maximum atomic E-state index is 12.4. The highest BCUT2D eigenvalue weighted by atomic mass is 35.5. The number of aryl methyl sites for hydroxylation is 1. The van der Waals surface area contributed by atoms with Gasteiger partial charge in [0.1, 0.15) is 11.3 Å². The molecule has 0 aliphatic heterocycles. The smallest absolute Gasteiger partial charge is 0.341 e. The number of rotatable bonds is 4. The summed E-state index contributed by atoms with van der Waals surface area (Å²) in [7, 11) is -2.85. The number of carbonyl (C=O) groups is 1. The molecule has 0 saturated carbocycles. The van der Waals surface area contributed by atoms with Crippen molar-refractivity contribution in [2.24, 2.45) is 0 Å². The van der Waals surface area contributed by atoms with Crippen LogP contribution < -0.4 is 4.72 Å². The molecule has 122 valence electrons. The molecule has 2 aromatic rings. The van der Waals surface area contributed by atoms with Gasteiger partial charge < -0.3 is 9.84 Å². The lowest BCUT2D eigenvalue weighted by Gasteiger charge is -2.11. The van der Waals surface area contributed by atoms with Crippen molar-refractivity contribution in [3.63, 3.8) is 0 Å². The minimum absolute atomic E-state index is 0.202. The summed E-state index contributed by atoms with van der Waals surface area (Å²) in [5.74, 6) is -1.21. The fourth-order valence-electron chi connectivity index (χ4n) is 1.86. The molecule has 0 spiro atoms. The zero-order chi connectivity index (χ0) is 17.2. The van der Waals surface area contributed by atoms with Crippen LogP contribution in [0.3, 0.4) is 0 Å². The molecule has 2 aromatic carbocycles. The van der Waals surface area contributed by atoms with Gasteiger partial charge in [0.15, 0.2) is 0 Å². The molecule has 0 bridgehead atoms. The van der Waals surface area contributed by atoms with Crippen molar-refractivity contribution < 1.29 is 23.1 Å². The van der Waals surface area contributed by atoms with Gasteiger partial charge in [0.25, 0.3) is 10.0 Å². The van der Waals surface area contributed by atoms with E-state index < -0.39 is 16.0 Å². The molecule has 0 amide bonds. The normalized spacial score (nSPS) is 11.1. The fourth-order valence-corrected chi connectivity index (χ4v) is 3.31. The third kappa shape index (κ3) is 3.75. The molecule has 6 nitrogen and oxygen atoms in total. The SMILES string of the molecule is COC(=O)c1cc(S(=O)(=O)Nc2ccc(C)cc2Cl)ccc1O. The van der Waals surface area contributed by atoms with E-state index in [0.717, 1.165) is 24.8 Å². The van der Waals surface area contributed by atoms with Crippen LogP contribution in [-0.2, 0) is 14.8 Å². The molecule has 0 aromatic heterocycles. The number of phenols is 1. The predicted molar refractivity (Wildman–Crippen MR) is 86.4 cm³/mol. The van der Waals surface area contributed by atoms with Crippen molar-refractivity contribution in [3.8, 4) is 5.75 Å². The number of anilines is 1. The van der Waals surface area contributed by atoms with Crippen LogP contribution in [0.1, 0.15) is 15.9 Å². The summed E-state index contributed by atoms with van der Waals surface area (Å²) in [6.07, 6.45) is 0. The first-order valence-corrected chi connectivity index (χ1v) is 8.31. The number of benzene rings is 2. The molecular weight excluding hydrogens is 342 g/mol. The standard InChI is InChI=1S/C15H14ClNO5S/c1-9-3-5-13(12(16)7-9)17-23(20,21)10-4-6-14(18)11(8-10)15(19)22-2/h3-8,17-18H,1-2H3. The van der Waals surface area contributed by atoms with Crippen LogP contribution >= 0.6 is 11.6 Å². The minimum Gasteiger partial charge on any atom is -0.507 e. The van der Waals surface area contributed by atoms with Gasteiger partial charge in [0, 0.05) is 0 Å². The number of carbonyl (C=O) groups excluding carboxylic acids is 1.